The third-order valence-corrected chi connectivity index (χ3v) is 7.28. The van der Waals surface area contributed by atoms with Gasteiger partial charge in [-0.2, -0.15) is 4.31 Å². The molecule has 2 aliphatic heterocycles. The molecule has 1 aromatic rings. The van der Waals surface area contributed by atoms with E-state index in [1.807, 2.05) is 4.90 Å². The van der Waals surface area contributed by atoms with Gasteiger partial charge in [-0.1, -0.05) is 12.2 Å². The molecule has 1 aliphatic carbocycles. The third kappa shape index (κ3) is 3.77. The summed E-state index contributed by atoms with van der Waals surface area (Å²) in [5, 5.41) is 0. The lowest BCUT2D eigenvalue weighted by Gasteiger charge is -2.26. The lowest BCUT2D eigenvalue weighted by atomic mass is 9.93. The first-order chi connectivity index (χ1) is 13.3. The number of likely N-dealkylation sites (tertiary alicyclic amines) is 1. The van der Waals surface area contributed by atoms with Crippen molar-refractivity contribution < 1.29 is 13.2 Å². The summed E-state index contributed by atoms with van der Waals surface area (Å²) < 4.78 is 25.1. The van der Waals surface area contributed by atoms with E-state index in [-0.39, 0.29) is 29.8 Å². The number of sulfonamides is 1. The van der Waals surface area contributed by atoms with E-state index < -0.39 is 10.0 Å². The third-order valence-electron chi connectivity index (χ3n) is 6.03. The summed E-state index contributed by atoms with van der Waals surface area (Å²) in [5.41, 5.74) is 0.927. The van der Waals surface area contributed by atoms with Gasteiger partial charge in [0.1, 0.15) is 5.82 Å². The second-order valence-corrected chi connectivity index (χ2v) is 9.96. The number of aromatic nitrogens is 2. The Kier molecular flexibility index (Phi) is 5.13. The number of nitrogens with zero attached hydrogens (tertiary/aromatic N) is 3. The summed E-state index contributed by atoms with van der Waals surface area (Å²) in [6.45, 7) is 1.66. The number of nitrogens with one attached hydrogen (secondary N) is 1. The van der Waals surface area contributed by atoms with Crippen LogP contribution in [0.4, 0.5) is 0 Å². The quantitative estimate of drug-likeness (QED) is 0.747. The topological polar surface area (TPSA) is 103 Å². The number of H-pyrrole nitrogens is 1. The molecule has 4 rings (SSSR count). The van der Waals surface area contributed by atoms with Gasteiger partial charge in [-0.3, -0.25) is 9.59 Å². The highest BCUT2D eigenvalue weighted by Gasteiger charge is 2.34. The molecular weight excluding hydrogens is 380 g/mol. The first kappa shape index (κ1) is 19.3. The van der Waals surface area contributed by atoms with Gasteiger partial charge >= 0.3 is 0 Å². The van der Waals surface area contributed by atoms with Gasteiger partial charge in [-0.05, 0) is 32.1 Å². The second kappa shape index (κ2) is 7.44. The number of allylic oxidation sites excluding steroid dienone is 2. The number of carbonyl (C=O) groups excluding carboxylic acids is 1. The van der Waals surface area contributed by atoms with Gasteiger partial charge in [0.15, 0.2) is 0 Å². The molecule has 1 fully saturated rings. The molecule has 0 aromatic carbocycles. The van der Waals surface area contributed by atoms with Crippen LogP contribution in [0.2, 0.25) is 0 Å². The molecule has 0 saturated carbocycles. The predicted octanol–water partition coefficient (Wildman–Crippen LogP) is 0.760. The molecule has 9 heteroatoms. The van der Waals surface area contributed by atoms with E-state index in [4.69, 9.17) is 0 Å². The summed E-state index contributed by atoms with van der Waals surface area (Å²) in [6.07, 6.45) is 9.15. The maximum absolute atomic E-state index is 12.8. The molecule has 3 aliphatic rings. The molecule has 1 amide bonds. The van der Waals surface area contributed by atoms with Crippen LogP contribution in [0.5, 0.6) is 0 Å². The van der Waals surface area contributed by atoms with Gasteiger partial charge in [0.05, 0.1) is 18.5 Å². The van der Waals surface area contributed by atoms with Gasteiger partial charge in [0.2, 0.25) is 15.9 Å². The van der Waals surface area contributed by atoms with Crippen molar-refractivity contribution in [2.45, 2.75) is 44.6 Å². The van der Waals surface area contributed by atoms with Gasteiger partial charge < -0.3 is 9.88 Å². The van der Waals surface area contributed by atoms with Crippen LogP contribution in [0, 0.1) is 5.92 Å². The van der Waals surface area contributed by atoms with Crippen molar-refractivity contribution in [3.05, 3.63) is 39.6 Å². The zero-order valence-electron chi connectivity index (χ0n) is 16.1. The fourth-order valence-electron chi connectivity index (χ4n) is 4.37. The fraction of sp³-hybridized carbons (Fsp3) is 0.632. The summed E-state index contributed by atoms with van der Waals surface area (Å²) in [5.74, 6) is 0.797. The van der Waals surface area contributed by atoms with Crippen LogP contribution in [-0.4, -0.2) is 59.4 Å². The molecule has 8 nitrogen and oxygen atoms in total. The standard InChI is InChI=1S/C19H26N4O4S/c1-28(26,27)23-10-8-15-16(12-23)20-17(21-18(15)24)14-7-9-22(11-14)19(25)13-5-3-2-4-6-13/h2-3,13-14H,4-12H2,1H3,(H,20,21,24)/t13-,14+/m0/s1. The monoisotopic (exact) mass is 406 g/mol. The predicted molar refractivity (Wildman–Crippen MR) is 104 cm³/mol. The molecule has 152 valence electrons. The lowest BCUT2D eigenvalue weighted by molar-refractivity contribution is -0.134. The Labute approximate surface area is 164 Å². The molecule has 1 saturated heterocycles. The van der Waals surface area contributed by atoms with Crippen molar-refractivity contribution in [3.8, 4) is 0 Å². The van der Waals surface area contributed by atoms with Crippen LogP contribution in [0.3, 0.4) is 0 Å². The van der Waals surface area contributed by atoms with Crippen LogP contribution in [0.1, 0.15) is 48.7 Å². The van der Waals surface area contributed by atoms with Crippen molar-refractivity contribution in [1.82, 2.24) is 19.2 Å². The fourth-order valence-corrected chi connectivity index (χ4v) is 5.15. The number of fused-ring (bicyclic) bond motifs is 1. The van der Waals surface area contributed by atoms with E-state index in [1.165, 1.54) is 10.6 Å². The van der Waals surface area contributed by atoms with Crippen LogP contribution in [0.25, 0.3) is 0 Å². The minimum absolute atomic E-state index is 0.0188. The normalized spacial score (nSPS) is 25.7. The maximum atomic E-state index is 12.8. The summed E-state index contributed by atoms with van der Waals surface area (Å²) in [4.78, 5) is 34.7. The van der Waals surface area contributed by atoms with Crippen molar-refractivity contribution in [2.24, 2.45) is 5.92 Å². The smallest absolute Gasteiger partial charge is 0.254 e. The molecule has 0 spiro atoms. The van der Waals surface area contributed by atoms with E-state index in [0.717, 1.165) is 25.7 Å². The van der Waals surface area contributed by atoms with Crippen molar-refractivity contribution in [1.29, 1.82) is 0 Å². The molecule has 28 heavy (non-hydrogen) atoms. The first-order valence-corrected chi connectivity index (χ1v) is 11.7. The van der Waals surface area contributed by atoms with E-state index >= 15 is 0 Å². The zero-order valence-corrected chi connectivity index (χ0v) is 16.9. The SMILES string of the molecule is CS(=O)(=O)N1CCc2c(nc([C@@H]3CCN(C(=O)[C@H]4CC=CCC4)C3)[nH]c2=O)C1. The molecule has 0 unspecified atom stereocenters. The molecular formula is C19H26N4O4S. The zero-order chi connectivity index (χ0) is 19.9. The van der Waals surface area contributed by atoms with E-state index in [2.05, 4.69) is 22.1 Å². The van der Waals surface area contributed by atoms with Crippen LogP contribution >= 0.6 is 0 Å². The van der Waals surface area contributed by atoms with Crippen LogP contribution in [0.15, 0.2) is 16.9 Å². The average molecular weight is 407 g/mol. The summed E-state index contributed by atoms with van der Waals surface area (Å²) in [7, 11) is -3.32. The number of amides is 1. The Balaban J connectivity index is 1.51. The Bertz CT molecular complexity index is 969. The second-order valence-electron chi connectivity index (χ2n) is 7.97. The molecule has 0 bridgehead atoms. The molecule has 1 aromatic heterocycles. The average Bonchev–Trinajstić information content (AvgIpc) is 3.17. The Hall–Kier alpha value is -2.00. The number of aromatic amines is 1. The lowest BCUT2D eigenvalue weighted by Crippen LogP contribution is -2.39. The Morgan fingerprint density at radius 3 is 2.79 bits per heavy atom. The largest absolute Gasteiger partial charge is 0.342 e. The highest BCUT2D eigenvalue weighted by atomic mass is 32.2. The molecule has 0 radical (unpaired) electrons. The van der Waals surface area contributed by atoms with Gasteiger partial charge in [0, 0.05) is 37.0 Å². The van der Waals surface area contributed by atoms with E-state index in [1.54, 1.807) is 0 Å². The van der Waals surface area contributed by atoms with E-state index in [9.17, 15) is 18.0 Å². The van der Waals surface area contributed by atoms with Crippen molar-refractivity contribution in [2.75, 3.05) is 25.9 Å². The number of carbonyl (C=O) groups is 1. The molecule has 3 heterocycles. The minimum atomic E-state index is -3.32. The number of rotatable bonds is 3. The van der Waals surface area contributed by atoms with Gasteiger partial charge in [-0.25, -0.2) is 13.4 Å². The van der Waals surface area contributed by atoms with Gasteiger partial charge in [-0.15, -0.1) is 0 Å². The van der Waals surface area contributed by atoms with Crippen molar-refractivity contribution >= 4 is 15.9 Å². The maximum Gasteiger partial charge on any atom is 0.254 e. The summed E-state index contributed by atoms with van der Waals surface area (Å²) in [6, 6.07) is 0. The summed E-state index contributed by atoms with van der Waals surface area (Å²) >= 11 is 0. The van der Waals surface area contributed by atoms with Crippen LogP contribution in [-0.2, 0) is 27.8 Å². The van der Waals surface area contributed by atoms with Crippen molar-refractivity contribution in [3.63, 3.8) is 0 Å². The van der Waals surface area contributed by atoms with Crippen LogP contribution < -0.4 is 5.56 Å². The molecule has 2 atom stereocenters. The highest BCUT2D eigenvalue weighted by molar-refractivity contribution is 7.88. The first-order valence-electron chi connectivity index (χ1n) is 9.84. The highest BCUT2D eigenvalue weighted by Crippen LogP contribution is 2.29. The van der Waals surface area contributed by atoms with Gasteiger partial charge in [0.25, 0.3) is 5.56 Å². The number of hydrogen-bond acceptors (Lipinski definition) is 5. The minimum Gasteiger partial charge on any atom is -0.342 e. The molecule has 1 N–H and O–H groups in total. The Morgan fingerprint density at radius 2 is 2.07 bits per heavy atom. The number of hydrogen-bond donors (Lipinski definition) is 1. The van der Waals surface area contributed by atoms with E-state index in [0.29, 0.717) is 43.1 Å². The Morgan fingerprint density at radius 1 is 1.25 bits per heavy atom.